The molecule has 1 aromatic carbocycles. The van der Waals surface area contributed by atoms with Crippen molar-refractivity contribution >= 4 is 41.3 Å². The third-order valence-electron chi connectivity index (χ3n) is 4.67. The summed E-state index contributed by atoms with van der Waals surface area (Å²) in [7, 11) is 0. The van der Waals surface area contributed by atoms with Gasteiger partial charge in [-0.1, -0.05) is 37.0 Å². The highest BCUT2D eigenvalue weighted by molar-refractivity contribution is 8.01. The molecule has 4 amide bonds. The van der Waals surface area contributed by atoms with Crippen molar-refractivity contribution in [2.75, 3.05) is 17.7 Å². The SMILES string of the molecule is Cc1ccc(NC(=O)CSC(C)C(=O)OCC(=O)NC(=O)NC2CCCCC2)cc1. The maximum absolute atomic E-state index is 12.0. The number of carbonyl (C=O) groups excluding carboxylic acids is 4. The molecule has 0 bridgehead atoms. The van der Waals surface area contributed by atoms with Crippen LogP contribution in [0.25, 0.3) is 0 Å². The van der Waals surface area contributed by atoms with Crippen LogP contribution in [0.3, 0.4) is 0 Å². The van der Waals surface area contributed by atoms with Gasteiger partial charge in [0.05, 0.1) is 5.75 Å². The Labute approximate surface area is 180 Å². The fourth-order valence-corrected chi connectivity index (χ4v) is 3.67. The average molecular weight is 436 g/mol. The normalized spacial score (nSPS) is 15.0. The summed E-state index contributed by atoms with van der Waals surface area (Å²) in [5.74, 6) is -1.47. The molecule has 0 aliphatic heterocycles. The van der Waals surface area contributed by atoms with Crippen LogP contribution in [0.15, 0.2) is 24.3 Å². The first-order valence-corrected chi connectivity index (χ1v) is 11.1. The molecule has 3 N–H and O–H groups in total. The molecule has 8 nitrogen and oxygen atoms in total. The summed E-state index contributed by atoms with van der Waals surface area (Å²) in [6.45, 7) is 3.01. The van der Waals surface area contributed by atoms with Crippen LogP contribution in [0.2, 0.25) is 0 Å². The first kappa shape index (κ1) is 23.7. The van der Waals surface area contributed by atoms with Crippen LogP contribution >= 0.6 is 11.8 Å². The first-order valence-electron chi connectivity index (χ1n) is 10.1. The van der Waals surface area contributed by atoms with Gasteiger partial charge >= 0.3 is 12.0 Å². The van der Waals surface area contributed by atoms with Crippen molar-refractivity contribution in [3.63, 3.8) is 0 Å². The summed E-state index contributed by atoms with van der Waals surface area (Å²) in [6, 6.07) is 6.90. The largest absolute Gasteiger partial charge is 0.455 e. The maximum Gasteiger partial charge on any atom is 0.321 e. The third-order valence-corrected chi connectivity index (χ3v) is 5.79. The summed E-state index contributed by atoms with van der Waals surface area (Å²) < 4.78 is 4.94. The van der Waals surface area contributed by atoms with Crippen LogP contribution in [0.5, 0.6) is 0 Å². The van der Waals surface area contributed by atoms with Gasteiger partial charge in [0.25, 0.3) is 5.91 Å². The fourth-order valence-electron chi connectivity index (χ4n) is 2.99. The number of nitrogens with one attached hydrogen (secondary N) is 3. The zero-order valence-corrected chi connectivity index (χ0v) is 18.2. The van der Waals surface area contributed by atoms with Crippen molar-refractivity contribution in [3.05, 3.63) is 29.8 Å². The van der Waals surface area contributed by atoms with E-state index < -0.39 is 29.8 Å². The van der Waals surface area contributed by atoms with E-state index in [1.807, 2.05) is 19.1 Å². The number of anilines is 1. The lowest BCUT2D eigenvalue weighted by Gasteiger charge is -2.22. The zero-order chi connectivity index (χ0) is 21.9. The second kappa shape index (κ2) is 12.2. The number of hydrogen-bond donors (Lipinski definition) is 3. The molecule has 0 radical (unpaired) electrons. The van der Waals surface area contributed by atoms with Gasteiger partial charge in [-0.15, -0.1) is 11.8 Å². The van der Waals surface area contributed by atoms with Crippen molar-refractivity contribution in [1.82, 2.24) is 10.6 Å². The Hall–Kier alpha value is -2.55. The maximum atomic E-state index is 12.0. The molecule has 1 fully saturated rings. The molecule has 0 heterocycles. The highest BCUT2D eigenvalue weighted by Gasteiger charge is 2.20. The number of esters is 1. The Kier molecular flexibility index (Phi) is 9.66. The molecular weight excluding hydrogens is 406 g/mol. The van der Waals surface area contributed by atoms with Gasteiger partial charge in [-0.3, -0.25) is 19.7 Å². The summed E-state index contributed by atoms with van der Waals surface area (Å²) in [4.78, 5) is 47.6. The lowest BCUT2D eigenvalue weighted by atomic mass is 9.96. The standard InChI is InChI=1S/C21H29N3O5S/c1-14-8-10-17(11-9-14)22-19(26)13-30-15(2)20(27)29-12-18(25)24-21(28)23-16-6-4-3-5-7-16/h8-11,15-16H,3-7,12-13H2,1-2H3,(H,22,26)(H2,23,24,25,28). The van der Waals surface area contributed by atoms with Gasteiger partial charge in [0, 0.05) is 11.7 Å². The van der Waals surface area contributed by atoms with E-state index in [0.29, 0.717) is 5.69 Å². The van der Waals surface area contributed by atoms with E-state index in [4.69, 9.17) is 4.74 Å². The molecule has 0 aromatic heterocycles. The van der Waals surface area contributed by atoms with E-state index in [1.54, 1.807) is 19.1 Å². The molecule has 1 aromatic rings. The zero-order valence-electron chi connectivity index (χ0n) is 17.4. The van der Waals surface area contributed by atoms with Crippen LogP contribution in [0, 0.1) is 6.92 Å². The van der Waals surface area contributed by atoms with Crippen LogP contribution in [0.1, 0.15) is 44.6 Å². The highest BCUT2D eigenvalue weighted by Crippen LogP contribution is 2.17. The lowest BCUT2D eigenvalue weighted by molar-refractivity contribution is -0.147. The number of hydrogen-bond acceptors (Lipinski definition) is 6. The van der Waals surface area contributed by atoms with Gasteiger partial charge < -0.3 is 15.4 Å². The van der Waals surface area contributed by atoms with Crippen molar-refractivity contribution in [3.8, 4) is 0 Å². The van der Waals surface area contributed by atoms with Crippen molar-refractivity contribution in [2.24, 2.45) is 0 Å². The molecule has 9 heteroatoms. The second-order valence-corrected chi connectivity index (χ2v) is 8.66. The predicted molar refractivity (Wildman–Crippen MR) is 116 cm³/mol. The summed E-state index contributed by atoms with van der Waals surface area (Å²) >= 11 is 1.11. The van der Waals surface area contributed by atoms with E-state index in [-0.39, 0.29) is 17.7 Å². The minimum Gasteiger partial charge on any atom is -0.455 e. The van der Waals surface area contributed by atoms with Crippen LogP contribution in [-0.2, 0) is 19.1 Å². The molecule has 2 rings (SSSR count). The summed E-state index contributed by atoms with van der Waals surface area (Å²) in [5, 5.41) is 7.04. The van der Waals surface area contributed by atoms with Gasteiger partial charge in [-0.25, -0.2) is 4.79 Å². The van der Waals surface area contributed by atoms with Gasteiger partial charge in [-0.2, -0.15) is 0 Å². The Morgan fingerprint density at radius 3 is 2.40 bits per heavy atom. The summed E-state index contributed by atoms with van der Waals surface area (Å²) in [5.41, 5.74) is 1.78. The number of amides is 4. The van der Waals surface area contributed by atoms with Crippen LogP contribution < -0.4 is 16.0 Å². The van der Waals surface area contributed by atoms with Crippen molar-refractivity contribution in [1.29, 1.82) is 0 Å². The van der Waals surface area contributed by atoms with E-state index in [2.05, 4.69) is 16.0 Å². The number of carbonyl (C=O) groups is 4. The van der Waals surface area contributed by atoms with E-state index >= 15 is 0 Å². The molecule has 1 atom stereocenters. The molecule has 30 heavy (non-hydrogen) atoms. The molecule has 1 aliphatic carbocycles. The molecule has 1 saturated carbocycles. The highest BCUT2D eigenvalue weighted by atomic mass is 32.2. The number of aryl methyl sites for hydroxylation is 1. The predicted octanol–water partition coefficient (Wildman–Crippen LogP) is 2.76. The number of rotatable bonds is 8. The average Bonchev–Trinajstić information content (AvgIpc) is 2.72. The summed E-state index contributed by atoms with van der Waals surface area (Å²) in [6.07, 6.45) is 5.11. The quantitative estimate of drug-likeness (QED) is 0.541. The Morgan fingerprint density at radius 2 is 1.73 bits per heavy atom. The number of ether oxygens (including phenoxy) is 1. The lowest BCUT2D eigenvalue weighted by Crippen LogP contribution is -2.46. The minimum absolute atomic E-state index is 0.0696. The smallest absolute Gasteiger partial charge is 0.321 e. The number of urea groups is 1. The molecule has 1 unspecified atom stereocenters. The van der Waals surface area contributed by atoms with Gasteiger partial charge in [0.1, 0.15) is 5.25 Å². The Balaban J connectivity index is 1.62. The van der Waals surface area contributed by atoms with Crippen LogP contribution in [-0.4, -0.2) is 47.5 Å². The third kappa shape index (κ3) is 8.86. The number of imide groups is 1. The van der Waals surface area contributed by atoms with Crippen LogP contribution in [0.4, 0.5) is 10.5 Å². The molecular formula is C21H29N3O5S. The fraction of sp³-hybridized carbons (Fsp3) is 0.524. The number of benzene rings is 1. The Morgan fingerprint density at radius 1 is 1.07 bits per heavy atom. The van der Waals surface area contributed by atoms with E-state index in [1.165, 1.54) is 6.42 Å². The van der Waals surface area contributed by atoms with E-state index in [0.717, 1.165) is 43.0 Å². The molecule has 1 aliphatic rings. The molecule has 0 saturated heterocycles. The van der Waals surface area contributed by atoms with Gasteiger partial charge in [-0.05, 0) is 38.8 Å². The topological polar surface area (TPSA) is 114 Å². The second-order valence-electron chi connectivity index (χ2n) is 7.33. The minimum atomic E-state index is -0.689. The van der Waals surface area contributed by atoms with Crippen molar-refractivity contribution < 1.29 is 23.9 Å². The van der Waals surface area contributed by atoms with E-state index in [9.17, 15) is 19.2 Å². The van der Waals surface area contributed by atoms with Gasteiger partial charge in [0.2, 0.25) is 5.91 Å². The molecule has 164 valence electrons. The first-order chi connectivity index (χ1) is 14.3. The Bertz CT molecular complexity index is 748. The molecule has 0 spiro atoms. The monoisotopic (exact) mass is 435 g/mol. The number of thioether (sulfide) groups is 1. The van der Waals surface area contributed by atoms with Gasteiger partial charge in [0.15, 0.2) is 6.61 Å². The van der Waals surface area contributed by atoms with Crippen molar-refractivity contribution in [2.45, 2.75) is 57.2 Å².